The number of benzene rings is 1. The summed E-state index contributed by atoms with van der Waals surface area (Å²) in [6, 6.07) is 0. The van der Waals surface area contributed by atoms with Gasteiger partial charge in [0.2, 0.25) is 0 Å². The Kier molecular flexibility index (Phi) is 5.43. The second-order valence-corrected chi connectivity index (χ2v) is 7.83. The highest BCUT2D eigenvalue weighted by Crippen LogP contribution is 2.51. The van der Waals surface area contributed by atoms with E-state index in [1.165, 1.54) is 5.56 Å². The van der Waals surface area contributed by atoms with Crippen LogP contribution in [0.2, 0.25) is 0 Å². The van der Waals surface area contributed by atoms with E-state index >= 15 is 0 Å². The zero-order chi connectivity index (χ0) is 16.9. The molecule has 1 fully saturated rings. The van der Waals surface area contributed by atoms with Gasteiger partial charge >= 0.3 is 0 Å². The van der Waals surface area contributed by atoms with Crippen molar-refractivity contribution in [2.75, 3.05) is 39.8 Å². The first-order valence-electron chi connectivity index (χ1n) is 8.65. The highest BCUT2D eigenvalue weighted by atomic mass is 35.5. The van der Waals surface area contributed by atoms with Gasteiger partial charge in [-0.1, -0.05) is 0 Å². The van der Waals surface area contributed by atoms with E-state index in [2.05, 4.69) is 37.6 Å². The van der Waals surface area contributed by atoms with Crippen molar-refractivity contribution in [1.29, 1.82) is 0 Å². The van der Waals surface area contributed by atoms with Gasteiger partial charge in [0, 0.05) is 44.2 Å². The van der Waals surface area contributed by atoms with E-state index < -0.39 is 0 Å². The van der Waals surface area contributed by atoms with Crippen molar-refractivity contribution >= 4 is 12.4 Å². The third-order valence-electron chi connectivity index (χ3n) is 5.85. The number of nitrogens with zero attached hydrogens (tertiary/aromatic N) is 2. The fourth-order valence-corrected chi connectivity index (χ4v) is 3.96. The van der Waals surface area contributed by atoms with Crippen molar-refractivity contribution in [3.8, 4) is 11.5 Å². The second kappa shape index (κ2) is 6.74. The Bertz CT molecular complexity index is 623. The number of halogens is 1. The molecule has 0 saturated carbocycles. The SMILES string of the molecule is Cc1c(C)c2c(c(C)c1O)[C@H](CN1CCN(C)CC1)C(C)(C)O2.Cl. The number of hydrogen-bond donors (Lipinski definition) is 1. The molecule has 2 aliphatic rings. The lowest BCUT2D eigenvalue weighted by atomic mass is 9.82. The van der Waals surface area contributed by atoms with Gasteiger partial charge in [-0.25, -0.2) is 0 Å². The van der Waals surface area contributed by atoms with Crippen LogP contribution in [0, 0.1) is 20.8 Å². The van der Waals surface area contributed by atoms with Crippen LogP contribution < -0.4 is 4.74 Å². The first-order valence-corrected chi connectivity index (χ1v) is 8.65. The quantitative estimate of drug-likeness (QED) is 0.884. The first kappa shape index (κ1) is 19.4. The van der Waals surface area contributed by atoms with Crippen molar-refractivity contribution in [2.45, 2.75) is 46.1 Å². The first-order chi connectivity index (χ1) is 10.7. The minimum atomic E-state index is -0.235. The Morgan fingerprint density at radius 1 is 1.04 bits per heavy atom. The molecule has 2 heterocycles. The van der Waals surface area contributed by atoms with E-state index in [0.717, 1.165) is 55.2 Å². The lowest BCUT2D eigenvalue weighted by Gasteiger charge is -2.36. The summed E-state index contributed by atoms with van der Waals surface area (Å²) in [5, 5.41) is 10.5. The second-order valence-electron chi connectivity index (χ2n) is 7.83. The molecular weight excluding hydrogens is 324 g/mol. The topological polar surface area (TPSA) is 35.9 Å². The fourth-order valence-electron chi connectivity index (χ4n) is 3.96. The summed E-state index contributed by atoms with van der Waals surface area (Å²) in [5.74, 6) is 1.74. The summed E-state index contributed by atoms with van der Waals surface area (Å²) >= 11 is 0. The predicted octanol–water partition coefficient (Wildman–Crippen LogP) is 3.24. The number of phenols is 1. The largest absolute Gasteiger partial charge is 0.507 e. The van der Waals surface area contributed by atoms with Crippen LogP contribution in [0.3, 0.4) is 0 Å². The highest BCUT2D eigenvalue weighted by Gasteiger charge is 2.44. The molecule has 0 aromatic heterocycles. The van der Waals surface area contributed by atoms with Gasteiger partial charge in [0.25, 0.3) is 0 Å². The van der Waals surface area contributed by atoms with Gasteiger partial charge in [-0.15, -0.1) is 12.4 Å². The molecule has 1 aromatic rings. The summed E-state index contributed by atoms with van der Waals surface area (Å²) in [7, 11) is 2.18. The van der Waals surface area contributed by atoms with E-state index in [1.807, 2.05) is 13.8 Å². The van der Waals surface area contributed by atoms with Crippen molar-refractivity contribution in [2.24, 2.45) is 0 Å². The average Bonchev–Trinajstić information content (AvgIpc) is 2.77. The maximum absolute atomic E-state index is 10.5. The van der Waals surface area contributed by atoms with Crippen LogP contribution in [0.15, 0.2) is 0 Å². The molecule has 0 aliphatic carbocycles. The predicted molar refractivity (Wildman–Crippen MR) is 101 cm³/mol. The molecule has 5 heteroatoms. The third kappa shape index (κ3) is 3.12. The number of aromatic hydroxyl groups is 1. The zero-order valence-electron chi connectivity index (χ0n) is 15.8. The van der Waals surface area contributed by atoms with Crippen LogP contribution in [-0.2, 0) is 0 Å². The fraction of sp³-hybridized carbons (Fsp3) is 0.684. The number of hydrogen-bond acceptors (Lipinski definition) is 4. The number of ether oxygens (including phenoxy) is 1. The van der Waals surface area contributed by atoms with Gasteiger partial charge in [-0.05, 0) is 58.4 Å². The van der Waals surface area contributed by atoms with Crippen molar-refractivity contribution in [3.05, 3.63) is 22.3 Å². The van der Waals surface area contributed by atoms with E-state index in [4.69, 9.17) is 4.74 Å². The van der Waals surface area contributed by atoms with Gasteiger partial charge in [0.1, 0.15) is 17.1 Å². The lowest BCUT2D eigenvalue weighted by molar-refractivity contribution is 0.0745. The van der Waals surface area contributed by atoms with Crippen LogP contribution in [0.25, 0.3) is 0 Å². The van der Waals surface area contributed by atoms with Crippen molar-refractivity contribution < 1.29 is 9.84 Å². The Hall–Kier alpha value is -0.970. The van der Waals surface area contributed by atoms with Gasteiger partial charge < -0.3 is 19.6 Å². The number of piperazine rings is 1. The van der Waals surface area contributed by atoms with E-state index in [0.29, 0.717) is 11.7 Å². The lowest BCUT2D eigenvalue weighted by Crippen LogP contribution is -2.48. The maximum Gasteiger partial charge on any atom is 0.127 e. The van der Waals surface area contributed by atoms with E-state index in [1.54, 1.807) is 0 Å². The standard InChI is InChI=1S/C19H30N2O2.ClH/c1-12-13(2)18-16(14(3)17(12)22)15(19(4,5)23-18)11-21-9-7-20(6)8-10-21;/h15,22H,7-11H2,1-6H3;1H/t15-;/m0./s1. The molecule has 1 N–H and O–H groups in total. The molecule has 4 nitrogen and oxygen atoms in total. The molecule has 136 valence electrons. The van der Waals surface area contributed by atoms with Crippen LogP contribution in [0.4, 0.5) is 0 Å². The summed E-state index contributed by atoms with van der Waals surface area (Å²) in [5.41, 5.74) is 4.00. The van der Waals surface area contributed by atoms with E-state index in [-0.39, 0.29) is 18.0 Å². The number of likely N-dealkylation sites (N-methyl/N-ethyl adjacent to an activating group) is 1. The molecule has 1 aromatic carbocycles. The molecule has 2 aliphatic heterocycles. The molecule has 24 heavy (non-hydrogen) atoms. The summed E-state index contributed by atoms with van der Waals surface area (Å²) in [6.07, 6.45) is 0. The molecule has 0 bridgehead atoms. The van der Waals surface area contributed by atoms with Crippen LogP contribution in [0.1, 0.15) is 42.0 Å². The monoisotopic (exact) mass is 354 g/mol. The molecule has 1 saturated heterocycles. The van der Waals surface area contributed by atoms with E-state index in [9.17, 15) is 5.11 Å². The number of fused-ring (bicyclic) bond motifs is 1. The summed E-state index contributed by atoms with van der Waals surface area (Å²) < 4.78 is 6.37. The van der Waals surface area contributed by atoms with Gasteiger partial charge in [0.15, 0.2) is 0 Å². The van der Waals surface area contributed by atoms with Crippen LogP contribution in [0.5, 0.6) is 11.5 Å². The third-order valence-corrected chi connectivity index (χ3v) is 5.85. The number of phenolic OH excluding ortho intramolecular Hbond substituents is 1. The normalized spacial score (nSPS) is 23.5. The highest BCUT2D eigenvalue weighted by molar-refractivity contribution is 5.85. The minimum absolute atomic E-state index is 0. The molecule has 0 spiro atoms. The summed E-state index contributed by atoms with van der Waals surface area (Å²) in [6.45, 7) is 15.9. The van der Waals surface area contributed by atoms with Crippen LogP contribution >= 0.6 is 12.4 Å². The molecule has 1 atom stereocenters. The molecular formula is C19H31ClN2O2. The molecule has 3 rings (SSSR count). The molecule has 0 radical (unpaired) electrons. The smallest absolute Gasteiger partial charge is 0.127 e. The van der Waals surface area contributed by atoms with Crippen molar-refractivity contribution in [3.63, 3.8) is 0 Å². The van der Waals surface area contributed by atoms with Gasteiger partial charge in [-0.2, -0.15) is 0 Å². The average molecular weight is 355 g/mol. The molecule has 0 amide bonds. The maximum atomic E-state index is 10.5. The number of rotatable bonds is 2. The Morgan fingerprint density at radius 2 is 1.62 bits per heavy atom. The molecule has 0 unspecified atom stereocenters. The Morgan fingerprint density at radius 3 is 2.21 bits per heavy atom. The Balaban J connectivity index is 0.00000208. The zero-order valence-corrected chi connectivity index (χ0v) is 16.6. The summed E-state index contributed by atoms with van der Waals surface area (Å²) in [4.78, 5) is 4.92. The van der Waals surface area contributed by atoms with Crippen LogP contribution in [-0.4, -0.2) is 60.3 Å². The van der Waals surface area contributed by atoms with Crippen molar-refractivity contribution in [1.82, 2.24) is 9.80 Å². The van der Waals surface area contributed by atoms with Gasteiger partial charge in [-0.3, -0.25) is 0 Å². The Labute approximate surface area is 152 Å². The van der Waals surface area contributed by atoms with Gasteiger partial charge in [0.05, 0.1) is 0 Å². The minimum Gasteiger partial charge on any atom is -0.507 e.